The quantitative estimate of drug-likeness (QED) is 0.783. The van der Waals surface area contributed by atoms with Gasteiger partial charge in [-0.3, -0.25) is 4.79 Å². The van der Waals surface area contributed by atoms with Crippen molar-refractivity contribution in [3.8, 4) is 11.6 Å². The summed E-state index contributed by atoms with van der Waals surface area (Å²) in [5.41, 5.74) is 3.05. The molecule has 1 heterocycles. The van der Waals surface area contributed by atoms with Crippen LogP contribution in [0.5, 0.6) is 11.6 Å². The maximum Gasteiger partial charge on any atom is 0.258 e. The summed E-state index contributed by atoms with van der Waals surface area (Å²) in [5.74, 6) is 1.22. The second-order valence-corrected chi connectivity index (χ2v) is 7.05. The summed E-state index contributed by atoms with van der Waals surface area (Å²) in [4.78, 5) is 16.7. The van der Waals surface area contributed by atoms with Crippen LogP contribution in [0.1, 0.15) is 35.6 Å². The molecule has 1 aromatic heterocycles. The van der Waals surface area contributed by atoms with Gasteiger partial charge in [0.2, 0.25) is 5.88 Å². The molecule has 0 spiro atoms. The first-order valence-electron chi connectivity index (χ1n) is 9.14. The standard InChI is InChI=1S/C21H26N2O4/c1-13-5-4-6-18(14(13)2)27-12-19(25)23-21(16-9-17(24)10-16)15-7-8-20(26-3)22-11-15/h4-8,11,16-17,21,24H,9-10,12H2,1-3H3,(H,23,25)/t16?,17?,21-/m0/s1. The van der Waals surface area contributed by atoms with Gasteiger partial charge in [-0.25, -0.2) is 4.98 Å². The Kier molecular flexibility index (Phi) is 5.96. The summed E-state index contributed by atoms with van der Waals surface area (Å²) in [6.45, 7) is 3.93. The highest BCUT2D eigenvalue weighted by Gasteiger charge is 2.35. The second-order valence-electron chi connectivity index (χ2n) is 7.05. The van der Waals surface area contributed by atoms with Crippen molar-refractivity contribution < 1.29 is 19.4 Å². The van der Waals surface area contributed by atoms with Crippen LogP contribution in [0.25, 0.3) is 0 Å². The van der Waals surface area contributed by atoms with E-state index in [0.29, 0.717) is 24.5 Å². The third-order valence-corrected chi connectivity index (χ3v) is 5.18. The SMILES string of the molecule is COc1ccc([C@H](NC(=O)COc2cccc(C)c2C)C2CC(O)C2)cn1. The second kappa shape index (κ2) is 8.39. The van der Waals surface area contributed by atoms with Crippen LogP contribution in [0.2, 0.25) is 0 Å². The zero-order valence-corrected chi connectivity index (χ0v) is 15.9. The molecule has 1 saturated carbocycles. The van der Waals surface area contributed by atoms with E-state index in [2.05, 4.69) is 10.3 Å². The monoisotopic (exact) mass is 370 g/mol. The molecule has 6 nitrogen and oxygen atoms in total. The highest BCUT2D eigenvalue weighted by atomic mass is 16.5. The number of amides is 1. The van der Waals surface area contributed by atoms with Gasteiger partial charge in [-0.1, -0.05) is 18.2 Å². The van der Waals surface area contributed by atoms with Gasteiger partial charge in [0.15, 0.2) is 6.61 Å². The molecule has 27 heavy (non-hydrogen) atoms. The number of nitrogens with one attached hydrogen (secondary N) is 1. The van der Waals surface area contributed by atoms with Gasteiger partial charge >= 0.3 is 0 Å². The zero-order valence-electron chi connectivity index (χ0n) is 15.9. The van der Waals surface area contributed by atoms with E-state index in [1.807, 2.05) is 38.1 Å². The van der Waals surface area contributed by atoms with Crippen molar-refractivity contribution >= 4 is 5.91 Å². The van der Waals surface area contributed by atoms with Gasteiger partial charge in [0.1, 0.15) is 5.75 Å². The van der Waals surface area contributed by atoms with Crippen LogP contribution in [0.3, 0.4) is 0 Å². The number of methoxy groups -OCH3 is 1. The Hall–Kier alpha value is -2.60. The van der Waals surface area contributed by atoms with Crippen LogP contribution in [0, 0.1) is 19.8 Å². The Morgan fingerprint density at radius 1 is 1.30 bits per heavy atom. The van der Waals surface area contributed by atoms with E-state index in [1.54, 1.807) is 19.4 Å². The maximum atomic E-state index is 12.5. The molecule has 0 bridgehead atoms. The number of hydrogen-bond donors (Lipinski definition) is 2. The summed E-state index contributed by atoms with van der Waals surface area (Å²) >= 11 is 0. The maximum absolute atomic E-state index is 12.5. The Morgan fingerprint density at radius 3 is 2.70 bits per heavy atom. The molecule has 1 aliphatic rings. The normalized spacial score (nSPS) is 19.7. The lowest BCUT2D eigenvalue weighted by molar-refractivity contribution is -0.125. The molecule has 0 unspecified atom stereocenters. The van der Waals surface area contributed by atoms with E-state index in [4.69, 9.17) is 9.47 Å². The summed E-state index contributed by atoms with van der Waals surface area (Å²) in [6.07, 6.45) is 2.73. The van der Waals surface area contributed by atoms with Crippen molar-refractivity contribution in [2.75, 3.05) is 13.7 Å². The van der Waals surface area contributed by atoms with Gasteiger partial charge in [0.25, 0.3) is 5.91 Å². The minimum atomic E-state index is -0.299. The van der Waals surface area contributed by atoms with Crippen LogP contribution >= 0.6 is 0 Å². The fraction of sp³-hybridized carbons (Fsp3) is 0.429. The van der Waals surface area contributed by atoms with E-state index in [1.165, 1.54) is 0 Å². The molecule has 1 amide bonds. The van der Waals surface area contributed by atoms with Crippen LogP contribution in [-0.2, 0) is 4.79 Å². The molecule has 0 saturated heterocycles. The Labute approximate surface area is 159 Å². The molecule has 1 atom stereocenters. The van der Waals surface area contributed by atoms with E-state index >= 15 is 0 Å². The third-order valence-electron chi connectivity index (χ3n) is 5.18. The predicted octanol–water partition coefficient (Wildman–Crippen LogP) is 2.71. The van der Waals surface area contributed by atoms with Crippen molar-refractivity contribution in [2.24, 2.45) is 5.92 Å². The predicted molar refractivity (Wildman–Crippen MR) is 102 cm³/mol. The van der Waals surface area contributed by atoms with Gasteiger partial charge in [0.05, 0.1) is 19.3 Å². The van der Waals surface area contributed by atoms with Gasteiger partial charge in [-0.2, -0.15) is 0 Å². The fourth-order valence-corrected chi connectivity index (χ4v) is 3.31. The number of benzene rings is 1. The molecule has 144 valence electrons. The molecule has 0 radical (unpaired) electrons. The third kappa shape index (κ3) is 4.57. The number of nitrogens with zero attached hydrogens (tertiary/aromatic N) is 1. The highest BCUT2D eigenvalue weighted by Crippen LogP contribution is 2.38. The molecule has 2 N–H and O–H groups in total. The van der Waals surface area contributed by atoms with Gasteiger partial charge < -0.3 is 19.9 Å². The molecule has 1 aromatic carbocycles. The number of aryl methyl sites for hydroxylation is 1. The van der Waals surface area contributed by atoms with Crippen molar-refractivity contribution in [3.63, 3.8) is 0 Å². The minimum Gasteiger partial charge on any atom is -0.483 e. The van der Waals surface area contributed by atoms with E-state index in [0.717, 1.165) is 16.7 Å². The number of ether oxygens (including phenoxy) is 2. The minimum absolute atomic E-state index is 0.0559. The largest absolute Gasteiger partial charge is 0.483 e. The van der Waals surface area contributed by atoms with Crippen LogP contribution in [0.4, 0.5) is 0 Å². The summed E-state index contributed by atoms with van der Waals surface area (Å²) < 4.78 is 10.8. The van der Waals surface area contributed by atoms with E-state index in [9.17, 15) is 9.90 Å². The average Bonchev–Trinajstić information content (AvgIpc) is 2.65. The Morgan fingerprint density at radius 2 is 2.07 bits per heavy atom. The first-order chi connectivity index (χ1) is 13.0. The molecular formula is C21H26N2O4. The zero-order chi connectivity index (χ0) is 19.4. The topological polar surface area (TPSA) is 80.7 Å². The number of carbonyl (C=O) groups excluding carboxylic acids is 1. The summed E-state index contributed by atoms with van der Waals surface area (Å²) in [5, 5.41) is 12.7. The lowest BCUT2D eigenvalue weighted by Gasteiger charge is -2.38. The van der Waals surface area contributed by atoms with Gasteiger partial charge in [-0.05, 0) is 55.4 Å². The van der Waals surface area contributed by atoms with Crippen LogP contribution in [-0.4, -0.2) is 35.8 Å². The number of carbonyl (C=O) groups is 1. The molecule has 1 fully saturated rings. The first-order valence-corrected chi connectivity index (χ1v) is 9.14. The Balaban J connectivity index is 1.66. The van der Waals surface area contributed by atoms with Crippen molar-refractivity contribution in [1.82, 2.24) is 10.3 Å². The molecular weight excluding hydrogens is 344 g/mol. The van der Waals surface area contributed by atoms with Crippen LogP contribution in [0.15, 0.2) is 36.5 Å². The van der Waals surface area contributed by atoms with Gasteiger partial charge in [-0.15, -0.1) is 0 Å². The number of hydrogen-bond acceptors (Lipinski definition) is 5. The summed E-state index contributed by atoms with van der Waals surface area (Å²) in [7, 11) is 1.56. The number of pyridine rings is 1. The van der Waals surface area contributed by atoms with E-state index < -0.39 is 0 Å². The summed E-state index contributed by atoms with van der Waals surface area (Å²) in [6, 6.07) is 9.25. The first kappa shape index (κ1) is 19.2. The number of aliphatic hydroxyl groups is 1. The van der Waals surface area contributed by atoms with Crippen molar-refractivity contribution in [3.05, 3.63) is 53.2 Å². The molecule has 2 aromatic rings. The number of aliphatic hydroxyl groups excluding tert-OH is 1. The van der Waals surface area contributed by atoms with Crippen LogP contribution < -0.4 is 14.8 Å². The van der Waals surface area contributed by atoms with E-state index in [-0.39, 0.29) is 30.6 Å². The lowest BCUT2D eigenvalue weighted by Crippen LogP contribution is -2.42. The van der Waals surface area contributed by atoms with Crippen molar-refractivity contribution in [2.45, 2.75) is 38.8 Å². The van der Waals surface area contributed by atoms with Crippen molar-refractivity contribution in [1.29, 1.82) is 0 Å². The highest BCUT2D eigenvalue weighted by molar-refractivity contribution is 5.78. The smallest absolute Gasteiger partial charge is 0.258 e. The lowest BCUT2D eigenvalue weighted by atomic mass is 9.75. The number of rotatable bonds is 7. The number of aromatic nitrogens is 1. The van der Waals surface area contributed by atoms with Gasteiger partial charge in [0, 0.05) is 12.3 Å². The molecule has 6 heteroatoms. The average molecular weight is 370 g/mol. The molecule has 1 aliphatic carbocycles. The Bertz CT molecular complexity index is 785. The molecule has 0 aliphatic heterocycles. The fourth-order valence-electron chi connectivity index (χ4n) is 3.31. The molecule has 3 rings (SSSR count).